The van der Waals surface area contributed by atoms with Crippen molar-refractivity contribution >= 4 is 40.5 Å². The highest BCUT2D eigenvalue weighted by Gasteiger charge is 2.47. The van der Waals surface area contributed by atoms with Crippen molar-refractivity contribution in [2.24, 2.45) is 0 Å². The molecule has 3 aliphatic heterocycles. The summed E-state index contributed by atoms with van der Waals surface area (Å²) >= 11 is 0. The Balaban J connectivity index is 1.66. The SMILES string of the molecule is O=C(C(=O)N1C(=O)/C(=C/c2ccccc2)S(=O)CC1C(=O)N1CCCCC1)N1CCCCC1. The molecule has 176 valence electrons. The molecular weight excluding hydrogens is 442 g/mol. The summed E-state index contributed by atoms with van der Waals surface area (Å²) in [6.45, 7) is 1.97. The first-order valence-corrected chi connectivity index (χ1v) is 12.9. The number of piperidine rings is 2. The first-order chi connectivity index (χ1) is 16.0. The van der Waals surface area contributed by atoms with Gasteiger partial charge in [0.2, 0.25) is 5.91 Å². The van der Waals surface area contributed by atoms with Gasteiger partial charge in [-0.05, 0) is 50.2 Å². The Morgan fingerprint density at radius 1 is 0.818 bits per heavy atom. The third kappa shape index (κ3) is 5.08. The van der Waals surface area contributed by atoms with Crippen molar-refractivity contribution < 1.29 is 23.4 Å². The van der Waals surface area contributed by atoms with E-state index in [2.05, 4.69) is 0 Å². The van der Waals surface area contributed by atoms with Crippen molar-refractivity contribution in [1.82, 2.24) is 14.7 Å². The average Bonchev–Trinajstić information content (AvgIpc) is 2.86. The van der Waals surface area contributed by atoms with Crippen LogP contribution in [0.3, 0.4) is 0 Å². The zero-order valence-corrected chi connectivity index (χ0v) is 19.4. The van der Waals surface area contributed by atoms with Crippen molar-refractivity contribution in [1.29, 1.82) is 0 Å². The molecule has 1 aromatic rings. The van der Waals surface area contributed by atoms with Crippen molar-refractivity contribution in [3.05, 3.63) is 40.8 Å². The van der Waals surface area contributed by atoms with Crippen LogP contribution >= 0.6 is 0 Å². The zero-order chi connectivity index (χ0) is 23.4. The fourth-order valence-electron chi connectivity index (χ4n) is 4.57. The maximum atomic E-state index is 13.5. The second-order valence-corrected chi connectivity index (χ2v) is 10.1. The molecule has 0 saturated carbocycles. The fraction of sp³-hybridized carbons (Fsp3) is 0.500. The molecule has 0 aromatic heterocycles. The quantitative estimate of drug-likeness (QED) is 0.482. The summed E-state index contributed by atoms with van der Waals surface area (Å²) in [6.07, 6.45) is 6.76. The number of carbonyl (C=O) groups excluding carboxylic acids is 4. The monoisotopic (exact) mass is 471 g/mol. The molecule has 4 amide bonds. The molecule has 9 heteroatoms. The molecule has 0 bridgehead atoms. The van der Waals surface area contributed by atoms with E-state index in [1.54, 1.807) is 29.2 Å². The standard InChI is InChI=1S/C24H29N3O5S/c28-21(25-12-6-2-7-13-25)19-17-33(32)20(16-18-10-4-1-5-11-18)22(29)27(19)24(31)23(30)26-14-8-3-9-15-26/h1,4-5,10-11,16,19H,2-3,6-9,12-15,17H2/b20-16-. The second-order valence-electron chi connectivity index (χ2n) is 8.67. The number of likely N-dealkylation sites (tertiary alicyclic amines) is 2. The van der Waals surface area contributed by atoms with E-state index in [-0.39, 0.29) is 10.7 Å². The van der Waals surface area contributed by atoms with Gasteiger partial charge in [-0.2, -0.15) is 0 Å². The van der Waals surface area contributed by atoms with Gasteiger partial charge < -0.3 is 9.80 Å². The molecule has 3 heterocycles. The Morgan fingerprint density at radius 2 is 1.39 bits per heavy atom. The summed E-state index contributed by atoms with van der Waals surface area (Å²) in [5.74, 6) is -3.21. The largest absolute Gasteiger partial charge is 0.341 e. The first kappa shape index (κ1) is 23.4. The summed E-state index contributed by atoms with van der Waals surface area (Å²) < 4.78 is 13.1. The van der Waals surface area contributed by atoms with Gasteiger partial charge in [0.15, 0.2) is 0 Å². The number of amides is 4. The number of rotatable bonds is 2. The van der Waals surface area contributed by atoms with Crippen LogP contribution in [0, 0.1) is 0 Å². The molecular formula is C24H29N3O5S. The van der Waals surface area contributed by atoms with Crippen LogP contribution in [0.25, 0.3) is 6.08 Å². The Bertz CT molecular complexity index is 981. The van der Waals surface area contributed by atoms with Gasteiger partial charge in [0.25, 0.3) is 5.91 Å². The summed E-state index contributed by atoms with van der Waals surface area (Å²) in [5, 5.41) is 0. The van der Waals surface area contributed by atoms with Crippen LogP contribution in [0.2, 0.25) is 0 Å². The summed E-state index contributed by atoms with van der Waals surface area (Å²) in [7, 11) is -1.77. The highest BCUT2D eigenvalue weighted by molar-refractivity contribution is 7.90. The van der Waals surface area contributed by atoms with Gasteiger partial charge >= 0.3 is 11.8 Å². The topological polar surface area (TPSA) is 95.1 Å². The van der Waals surface area contributed by atoms with E-state index in [0.717, 1.165) is 43.4 Å². The number of carbonyl (C=O) groups is 4. The third-order valence-corrected chi connectivity index (χ3v) is 7.79. The highest BCUT2D eigenvalue weighted by atomic mass is 32.2. The molecule has 2 atom stereocenters. The summed E-state index contributed by atoms with van der Waals surface area (Å²) in [4.78, 5) is 56.9. The Kier molecular flexibility index (Phi) is 7.37. The van der Waals surface area contributed by atoms with Gasteiger partial charge in [-0.25, -0.2) is 0 Å². The van der Waals surface area contributed by atoms with Gasteiger partial charge in [0.1, 0.15) is 10.9 Å². The molecule has 0 radical (unpaired) electrons. The summed E-state index contributed by atoms with van der Waals surface area (Å²) in [6, 6.07) is 7.68. The van der Waals surface area contributed by atoms with Crippen LogP contribution in [0.15, 0.2) is 35.2 Å². The molecule has 2 unspecified atom stereocenters. The molecule has 8 nitrogen and oxygen atoms in total. The average molecular weight is 472 g/mol. The van der Waals surface area contributed by atoms with Crippen LogP contribution < -0.4 is 0 Å². The minimum Gasteiger partial charge on any atom is -0.341 e. The smallest absolute Gasteiger partial charge is 0.319 e. The molecule has 0 spiro atoms. The first-order valence-electron chi connectivity index (χ1n) is 11.6. The molecule has 4 rings (SSSR count). The van der Waals surface area contributed by atoms with Gasteiger partial charge in [0.05, 0.1) is 16.6 Å². The minimum absolute atomic E-state index is 0.0660. The number of hydrogen-bond donors (Lipinski definition) is 0. The van der Waals surface area contributed by atoms with Crippen LogP contribution in [0.4, 0.5) is 0 Å². The number of hydrogen-bond acceptors (Lipinski definition) is 5. The highest BCUT2D eigenvalue weighted by Crippen LogP contribution is 2.25. The van der Waals surface area contributed by atoms with Gasteiger partial charge in [-0.15, -0.1) is 0 Å². The van der Waals surface area contributed by atoms with E-state index in [4.69, 9.17) is 0 Å². The normalized spacial score (nSPS) is 25.3. The van der Waals surface area contributed by atoms with Gasteiger partial charge in [0, 0.05) is 26.2 Å². The maximum absolute atomic E-state index is 13.5. The number of nitrogens with zero attached hydrogens (tertiary/aromatic N) is 3. The molecule has 1 aromatic carbocycles. The lowest BCUT2D eigenvalue weighted by molar-refractivity contribution is -0.161. The Morgan fingerprint density at radius 3 is 2.00 bits per heavy atom. The zero-order valence-electron chi connectivity index (χ0n) is 18.6. The molecule has 3 saturated heterocycles. The molecule has 3 aliphatic rings. The van der Waals surface area contributed by atoms with E-state index >= 15 is 0 Å². The van der Waals surface area contributed by atoms with E-state index in [0.29, 0.717) is 31.7 Å². The van der Waals surface area contributed by atoms with Gasteiger partial charge in [-0.1, -0.05) is 30.3 Å². The molecule has 33 heavy (non-hydrogen) atoms. The lowest BCUT2D eigenvalue weighted by atomic mass is 10.1. The van der Waals surface area contributed by atoms with Gasteiger partial charge in [-0.3, -0.25) is 28.3 Å². The molecule has 3 fully saturated rings. The lowest BCUT2D eigenvalue weighted by Gasteiger charge is -2.38. The van der Waals surface area contributed by atoms with Crippen LogP contribution in [-0.2, 0) is 30.0 Å². The lowest BCUT2D eigenvalue weighted by Crippen LogP contribution is -2.62. The Hall–Kier alpha value is -2.81. The van der Waals surface area contributed by atoms with E-state index in [9.17, 15) is 23.4 Å². The minimum atomic E-state index is -1.77. The predicted octanol–water partition coefficient (Wildman–Crippen LogP) is 1.54. The predicted molar refractivity (Wildman–Crippen MR) is 124 cm³/mol. The number of imide groups is 1. The maximum Gasteiger partial charge on any atom is 0.319 e. The molecule has 0 aliphatic carbocycles. The van der Waals surface area contributed by atoms with Crippen LogP contribution in [0.5, 0.6) is 0 Å². The van der Waals surface area contributed by atoms with Crippen molar-refractivity contribution in [3.8, 4) is 0 Å². The van der Waals surface area contributed by atoms with Crippen molar-refractivity contribution in [2.45, 2.75) is 44.6 Å². The van der Waals surface area contributed by atoms with Crippen LogP contribution in [0.1, 0.15) is 44.1 Å². The van der Waals surface area contributed by atoms with Crippen LogP contribution in [-0.4, -0.2) is 80.5 Å². The second kappa shape index (κ2) is 10.4. The van der Waals surface area contributed by atoms with E-state index < -0.39 is 40.5 Å². The summed E-state index contributed by atoms with van der Waals surface area (Å²) in [5.41, 5.74) is 0.657. The fourth-order valence-corrected chi connectivity index (χ4v) is 5.89. The third-order valence-electron chi connectivity index (χ3n) is 6.39. The Labute approximate surface area is 196 Å². The van der Waals surface area contributed by atoms with E-state index in [1.807, 2.05) is 6.07 Å². The molecule has 0 N–H and O–H groups in total. The van der Waals surface area contributed by atoms with Crippen molar-refractivity contribution in [3.63, 3.8) is 0 Å². The van der Waals surface area contributed by atoms with Crippen molar-refractivity contribution in [2.75, 3.05) is 31.9 Å². The number of benzene rings is 1. The van der Waals surface area contributed by atoms with E-state index in [1.165, 1.54) is 11.0 Å².